The first-order valence-corrected chi connectivity index (χ1v) is 5.76. The lowest BCUT2D eigenvalue weighted by Crippen LogP contribution is -1.94. The highest BCUT2D eigenvalue weighted by atomic mass is 16.6. The van der Waals surface area contributed by atoms with Crippen LogP contribution in [0.1, 0.15) is 5.56 Å². The average molecular weight is 289 g/mol. The van der Waals surface area contributed by atoms with Gasteiger partial charge in [0.15, 0.2) is 23.1 Å². The van der Waals surface area contributed by atoms with Gasteiger partial charge in [0.05, 0.1) is 18.1 Å². The Labute approximate surface area is 119 Å². The van der Waals surface area contributed by atoms with Crippen molar-refractivity contribution in [2.24, 2.45) is 4.99 Å². The van der Waals surface area contributed by atoms with E-state index in [4.69, 9.17) is 4.74 Å². The predicted molar refractivity (Wildman–Crippen MR) is 74.5 cm³/mol. The van der Waals surface area contributed by atoms with Gasteiger partial charge in [-0.3, -0.25) is 10.1 Å². The van der Waals surface area contributed by atoms with Gasteiger partial charge in [-0.25, -0.2) is 9.98 Å². The summed E-state index contributed by atoms with van der Waals surface area (Å²) in [5.41, 5.74) is -0.178. The van der Waals surface area contributed by atoms with E-state index in [9.17, 15) is 20.3 Å². The lowest BCUT2D eigenvalue weighted by atomic mass is 10.1. The van der Waals surface area contributed by atoms with Crippen molar-refractivity contribution in [3.8, 4) is 17.2 Å². The number of phenols is 1. The Hall–Kier alpha value is -3.16. The molecule has 0 saturated heterocycles. The Morgan fingerprint density at radius 1 is 1.43 bits per heavy atom. The summed E-state index contributed by atoms with van der Waals surface area (Å²) >= 11 is 0. The molecule has 0 amide bonds. The Balaban J connectivity index is 2.46. The average Bonchev–Trinajstić information content (AvgIpc) is 2.47. The van der Waals surface area contributed by atoms with E-state index in [1.54, 1.807) is 0 Å². The minimum absolute atomic E-state index is 0.0300. The van der Waals surface area contributed by atoms with Crippen LogP contribution in [0.2, 0.25) is 0 Å². The second kappa shape index (κ2) is 5.87. The molecule has 0 bridgehead atoms. The standard InChI is InChI=1S/C13H11N3O5/c1-21-11-6-9(16(19)20)5-8(12(11)18)7-15-13-10(17)3-2-4-14-13/h2-7,17-18H,1H3/b15-7+. The maximum atomic E-state index is 10.8. The molecule has 0 unspecified atom stereocenters. The van der Waals surface area contributed by atoms with E-state index in [0.29, 0.717) is 0 Å². The summed E-state index contributed by atoms with van der Waals surface area (Å²) in [6.07, 6.45) is 2.59. The second-order valence-corrected chi connectivity index (χ2v) is 3.95. The number of non-ortho nitro benzene ring substituents is 1. The molecule has 8 heteroatoms. The van der Waals surface area contributed by atoms with E-state index >= 15 is 0 Å². The van der Waals surface area contributed by atoms with Crippen molar-refractivity contribution >= 4 is 17.7 Å². The van der Waals surface area contributed by atoms with Crippen molar-refractivity contribution in [3.63, 3.8) is 0 Å². The highest BCUT2D eigenvalue weighted by Crippen LogP contribution is 2.34. The van der Waals surface area contributed by atoms with Gasteiger partial charge in [0.2, 0.25) is 0 Å². The number of aliphatic imine (C=N–C) groups is 1. The summed E-state index contributed by atoms with van der Waals surface area (Å²) in [4.78, 5) is 17.9. The minimum Gasteiger partial charge on any atom is -0.504 e. The molecule has 2 aromatic rings. The smallest absolute Gasteiger partial charge is 0.274 e. The minimum atomic E-state index is -0.614. The van der Waals surface area contributed by atoms with E-state index < -0.39 is 4.92 Å². The fraction of sp³-hybridized carbons (Fsp3) is 0.0769. The summed E-state index contributed by atoms with van der Waals surface area (Å²) in [6.45, 7) is 0. The number of aromatic nitrogens is 1. The van der Waals surface area contributed by atoms with Crippen LogP contribution >= 0.6 is 0 Å². The highest BCUT2D eigenvalue weighted by Gasteiger charge is 2.15. The van der Waals surface area contributed by atoms with E-state index in [1.165, 1.54) is 25.4 Å². The monoisotopic (exact) mass is 289 g/mol. The van der Waals surface area contributed by atoms with Crippen LogP contribution in [0.15, 0.2) is 35.5 Å². The van der Waals surface area contributed by atoms with E-state index in [-0.39, 0.29) is 34.3 Å². The van der Waals surface area contributed by atoms with Crippen molar-refractivity contribution < 1.29 is 19.9 Å². The molecule has 0 spiro atoms. The number of methoxy groups -OCH3 is 1. The number of phenolic OH excluding ortho intramolecular Hbond substituents is 1. The lowest BCUT2D eigenvalue weighted by Gasteiger charge is -2.05. The van der Waals surface area contributed by atoms with Crippen LogP contribution in [0.5, 0.6) is 17.2 Å². The molecule has 0 fully saturated rings. The first kappa shape index (κ1) is 14.3. The van der Waals surface area contributed by atoms with Gasteiger partial charge in [-0.1, -0.05) is 0 Å². The van der Waals surface area contributed by atoms with E-state index in [1.807, 2.05) is 0 Å². The number of hydrogen-bond acceptors (Lipinski definition) is 7. The van der Waals surface area contributed by atoms with Gasteiger partial charge in [-0.05, 0) is 12.1 Å². The van der Waals surface area contributed by atoms with Gasteiger partial charge in [0, 0.05) is 24.0 Å². The van der Waals surface area contributed by atoms with Crippen LogP contribution in [0, 0.1) is 10.1 Å². The van der Waals surface area contributed by atoms with Crippen LogP contribution in [-0.4, -0.2) is 33.4 Å². The first-order valence-electron chi connectivity index (χ1n) is 5.76. The summed E-state index contributed by atoms with van der Waals surface area (Å²) < 4.78 is 4.87. The molecule has 0 radical (unpaired) electrons. The SMILES string of the molecule is COc1cc([N+](=O)[O-])cc(/C=N/c2ncccc2O)c1O. The number of nitro groups is 1. The number of rotatable bonds is 4. The van der Waals surface area contributed by atoms with Crippen LogP contribution in [0.25, 0.3) is 0 Å². The van der Waals surface area contributed by atoms with Crippen LogP contribution in [-0.2, 0) is 0 Å². The maximum absolute atomic E-state index is 10.8. The van der Waals surface area contributed by atoms with Gasteiger partial charge in [0.25, 0.3) is 5.69 Å². The van der Waals surface area contributed by atoms with Crippen molar-refractivity contribution in [2.45, 2.75) is 0 Å². The zero-order valence-corrected chi connectivity index (χ0v) is 10.9. The summed E-state index contributed by atoms with van der Waals surface area (Å²) in [5.74, 6) is -0.453. The normalized spacial score (nSPS) is 10.7. The molecular weight excluding hydrogens is 278 g/mol. The molecule has 2 N–H and O–H groups in total. The van der Waals surface area contributed by atoms with Gasteiger partial charge in [-0.2, -0.15) is 0 Å². The van der Waals surface area contributed by atoms with E-state index in [2.05, 4.69) is 9.98 Å². The number of nitro benzene ring substituents is 1. The number of nitrogens with zero attached hydrogens (tertiary/aromatic N) is 3. The zero-order valence-electron chi connectivity index (χ0n) is 10.9. The number of aromatic hydroxyl groups is 2. The number of pyridine rings is 1. The second-order valence-electron chi connectivity index (χ2n) is 3.95. The van der Waals surface area contributed by atoms with Crippen molar-refractivity contribution in [3.05, 3.63) is 46.1 Å². The number of hydrogen-bond donors (Lipinski definition) is 2. The molecule has 1 heterocycles. The first-order chi connectivity index (χ1) is 10.0. The molecule has 1 aromatic heterocycles. The molecule has 0 aliphatic carbocycles. The largest absolute Gasteiger partial charge is 0.504 e. The fourth-order valence-corrected chi connectivity index (χ4v) is 1.59. The molecule has 1 aromatic carbocycles. The topological polar surface area (TPSA) is 118 Å². The van der Waals surface area contributed by atoms with Crippen molar-refractivity contribution in [1.29, 1.82) is 0 Å². The number of benzene rings is 1. The molecule has 0 atom stereocenters. The third-order valence-electron chi connectivity index (χ3n) is 2.61. The predicted octanol–water partition coefficient (Wildman–Crippen LogP) is 2.16. The Kier molecular flexibility index (Phi) is 3.98. The lowest BCUT2D eigenvalue weighted by molar-refractivity contribution is -0.385. The maximum Gasteiger partial charge on any atom is 0.274 e. The third-order valence-corrected chi connectivity index (χ3v) is 2.61. The zero-order chi connectivity index (χ0) is 15.4. The van der Waals surface area contributed by atoms with Gasteiger partial charge >= 0.3 is 0 Å². The fourth-order valence-electron chi connectivity index (χ4n) is 1.59. The molecule has 21 heavy (non-hydrogen) atoms. The Bertz CT molecular complexity index is 715. The quantitative estimate of drug-likeness (QED) is 0.506. The molecule has 108 valence electrons. The van der Waals surface area contributed by atoms with Crippen LogP contribution < -0.4 is 4.74 Å². The van der Waals surface area contributed by atoms with Crippen LogP contribution in [0.4, 0.5) is 11.5 Å². The summed E-state index contributed by atoms with van der Waals surface area (Å²) in [5, 5.41) is 30.3. The van der Waals surface area contributed by atoms with Crippen molar-refractivity contribution in [1.82, 2.24) is 4.98 Å². The Morgan fingerprint density at radius 3 is 2.81 bits per heavy atom. The molecule has 0 saturated carbocycles. The van der Waals surface area contributed by atoms with Crippen molar-refractivity contribution in [2.75, 3.05) is 7.11 Å². The van der Waals surface area contributed by atoms with Crippen LogP contribution in [0.3, 0.4) is 0 Å². The molecule has 0 aliphatic heterocycles. The Morgan fingerprint density at radius 2 is 2.19 bits per heavy atom. The highest BCUT2D eigenvalue weighted by molar-refractivity contribution is 5.88. The summed E-state index contributed by atoms with van der Waals surface area (Å²) in [7, 11) is 1.28. The molecule has 8 nitrogen and oxygen atoms in total. The van der Waals surface area contributed by atoms with Gasteiger partial charge in [0.1, 0.15) is 0 Å². The molecule has 2 rings (SSSR count). The number of ether oxygens (including phenoxy) is 1. The molecule has 0 aliphatic rings. The molecular formula is C13H11N3O5. The summed E-state index contributed by atoms with van der Waals surface area (Å²) in [6, 6.07) is 5.17. The van der Waals surface area contributed by atoms with Gasteiger partial charge in [-0.15, -0.1) is 0 Å². The van der Waals surface area contributed by atoms with Gasteiger partial charge < -0.3 is 14.9 Å². The third kappa shape index (κ3) is 3.06. The van der Waals surface area contributed by atoms with E-state index in [0.717, 1.165) is 18.3 Å².